The predicted octanol–water partition coefficient (Wildman–Crippen LogP) is 1.46. The van der Waals surface area contributed by atoms with E-state index >= 15 is 0 Å². The van der Waals surface area contributed by atoms with Gasteiger partial charge in [0.05, 0.1) is 11.1 Å². The number of anilines is 2. The Morgan fingerprint density at radius 3 is 2.35 bits per heavy atom. The van der Waals surface area contributed by atoms with Gasteiger partial charge in [-0.25, -0.2) is 15.0 Å². The smallest absolute Gasteiger partial charge is 0.225 e. The van der Waals surface area contributed by atoms with Crippen molar-refractivity contribution in [3.8, 4) is 0 Å². The third kappa shape index (κ3) is 2.62. The lowest BCUT2D eigenvalue weighted by atomic mass is 10.3. The van der Waals surface area contributed by atoms with E-state index in [4.69, 9.17) is 0 Å². The Labute approximate surface area is 121 Å². The van der Waals surface area contributed by atoms with Crippen LogP contribution in [0.5, 0.6) is 0 Å². The normalized spacial score (nSPS) is 15.4. The maximum atomic E-state index is 11.3. The quantitative estimate of drug-likeness (QED) is 0.797. The van der Waals surface area contributed by atoms with Gasteiger partial charge >= 0.3 is 0 Å². The monoisotopic (exact) mass is 289 g/mol. The summed E-state index contributed by atoms with van der Waals surface area (Å²) in [4.78, 5) is 29.3. The average Bonchev–Trinajstić information content (AvgIpc) is 2.98. The first-order valence-corrected chi connectivity index (χ1v) is 7.29. The van der Waals surface area contributed by atoms with Gasteiger partial charge in [0.1, 0.15) is 0 Å². The van der Waals surface area contributed by atoms with E-state index in [1.54, 1.807) is 25.5 Å². The van der Waals surface area contributed by atoms with Crippen LogP contribution in [0.15, 0.2) is 24.7 Å². The first kappa shape index (κ1) is 13.0. The van der Waals surface area contributed by atoms with Gasteiger partial charge in [-0.1, -0.05) is 11.3 Å². The molecule has 0 atom stereocenters. The minimum absolute atomic E-state index is 0.0741. The number of thiazole rings is 1. The number of hydrogen-bond acceptors (Lipinski definition) is 7. The Bertz CT molecular complexity index is 592. The predicted molar refractivity (Wildman–Crippen MR) is 78.6 cm³/mol. The van der Waals surface area contributed by atoms with Crippen molar-refractivity contribution in [2.45, 2.75) is 6.92 Å². The first-order chi connectivity index (χ1) is 9.74. The summed E-state index contributed by atoms with van der Waals surface area (Å²) in [7, 11) is 0. The van der Waals surface area contributed by atoms with Crippen molar-refractivity contribution in [1.82, 2.24) is 15.0 Å². The summed E-state index contributed by atoms with van der Waals surface area (Å²) in [6, 6.07) is 1.82. The van der Waals surface area contributed by atoms with E-state index in [0.29, 0.717) is 4.88 Å². The molecule has 0 spiro atoms. The number of carbonyl (C=O) groups excluding carboxylic acids is 1. The molecule has 104 valence electrons. The van der Waals surface area contributed by atoms with E-state index < -0.39 is 0 Å². The van der Waals surface area contributed by atoms with E-state index in [1.807, 2.05) is 6.07 Å². The molecule has 1 aliphatic rings. The molecule has 3 heterocycles. The molecule has 6 nitrogen and oxygen atoms in total. The molecule has 0 N–H and O–H groups in total. The van der Waals surface area contributed by atoms with Gasteiger partial charge in [0.25, 0.3) is 0 Å². The molecule has 1 fully saturated rings. The molecule has 7 heteroatoms. The second kappa shape index (κ2) is 5.54. The van der Waals surface area contributed by atoms with Gasteiger partial charge in [-0.2, -0.15) is 0 Å². The van der Waals surface area contributed by atoms with Crippen molar-refractivity contribution in [2.75, 3.05) is 36.0 Å². The summed E-state index contributed by atoms with van der Waals surface area (Å²) < 4.78 is 0. The van der Waals surface area contributed by atoms with Crippen LogP contribution in [0.4, 0.5) is 11.1 Å². The fourth-order valence-electron chi connectivity index (χ4n) is 2.13. The minimum Gasteiger partial charge on any atom is -0.345 e. The van der Waals surface area contributed by atoms with Crippen LogP contribution in [-0.4, -0.2) is 46.9 Å². The lowest BCUT2D eigenvalue weighted by Crippen LogP contribution is -2.47. The van der Waals surface area contributed by atoms with Crippen LogP contribution in [-0.2, 0) is 0 Å². The molecule has 0 aromatic carbocycles. The molecule has 2 aromatic heterocycles. The van der Waals surface area contributed by atoms with Gasteiger partial charge in [0, 0.05) is 45.5 Å². The van der Waals surface area contributed by atoms with E-state index in [9.17, 15) is 4.79 Å². The largest absolute Gasteiger partial charge is 0.345 e. The Hall–Kier alpha value is -2.02. The number of piperazine rings is 1. The highest BCUT2D eigenvalue weighted by molar-refractivity contribution is 7.17. The van der Waals surface area contributed by atoms with Crippen LogP contribution in [0.1, 0.15) is 16.6 Å². The Morgan fingerprint density at radius 2 is 1.75 bits per heavy atom. The van der Waals surface area contributed by atoms with Crippen molar-refractivity contribution in [2.24, 2.45) is 0 Å². The molecular weight excluding hydrogens is 274 g/mol. The third-order valence-electron chi connectivity index (χ3n) is 3.23. The highest BCUT2D eigenvalue weighted by Crippen LogP contribution is 2.24. The Kier molecular flexibility index (Phi) is 3.60. The lowest BCUT2D eigenvalue weighted by molar-refractivity contribution is 0.102. The summed E-state index contributed by atoms with van der Waals surface area (Å²) in [5.74, 6) is 0.848. The molecule has 3 rings (SSSR count). The van der Waals surface area contributed by atoms with E-state index in [2.05, 4.69) is 24.8 Å². The topological polar surface area (TPSA) is 62.2 Å². The molecule has 20 heavy (non-hydrogen) atoms. The standard InChI is InChI=1S/C13H15N5OS/c1-10(19)11-9-16-13(20-11)18-7-5-17(6-8-18)12-14-3-2-4-15-12/h2-4,9H,5-8H2,1H3. The van der Waals surface area contributed by atoms with Crippen LogP contribution in [0.25, 0.3) is 0 Å². The zero-order chi connectivity index (χ0) is 13.9. The number of nitrogens with zero attached hydrogens (tertiary/aromatic N) is 5. The molecule has 0 saturated carbocycles. The van der Waals surface area contributed by atoms with Gasteiger partial charge in [-0.15, -0.1) is 0 Å². The summed E-state index contributed by atoms with van der Waals surface area (Å²) in [6.45, 7) is 5.02. The van der Waals surface area contributed by atoms with Crippen molar-refractivity contribution in [3.63, 3.8) is 0 Å². The maximum Gasteiger partial charge on any atom is 0.225 e. The highest BCUT2D eigenvalue weighted by atomic mass is 32.1. The molecule has 0 aliphatic carbocycles. The van der Waals surface area contributed by atoms with Gasteiger partial charge in [0.15, 0.2) is 10.9 Å². The molecule has 0 radical (unpaired) electrons. The zero-order valence-electron chi connectivity index (χ0n) is 11.2. The number of hydrogen-bond donors (Lipinski definition) is 0. The number of Topliss-reactive ketones (excluding diaryl/α,β-unsaturated/α-hetero) is 1. The second-order valence-corrected chi connectivity index (χ2v) is 5.60. The maximum absolute atomic E-state index is 11.3. The Morgan fingerprint density at radius 1 is 1.10 bits per heavy atom. The summed E-state index contributed by atoms with van der Waals surface area (Å²) in [6.07, 6.45) is 5.18. The van der Waals surface area contributed by atoms with Crippen molar-refractivity contribution < 1.29 is 4.79 Å². The SMILES string of the molecule is CC(=O)c1cnc(N2CCN(c3ncccn3)CC2)s1. The van der Waals surface area contributed by atoms with Crippen molar-refractivity contribution in [3.05, 3.63) is 29.5 Å². The van der Waals surface area contributed by atoms with Crippen LogP contribution in [0, 0.1) is 0 Å². The van der Waals surface area contributed by atoms with Crippen LogP contribution >= 0.6 is 11.3 Å². The summed E-state index contributed by atoms with van der Waals surface area (Å²) in [5, 5.41) is 0.920. The molecule has 0 unspecified atom stereocenters. The van der Waals surface area contributed by atoms with Crippen LogP contribution in [0.3, 0.4) is 0 Å². The highest BCUT2D eigenvalue weighted by Gasteiger charge is 2.21. The summed E-state index contributed by atoms with van der Waals surface area (Å²) >= 11 is 1.46. The van der Waals surface area contributed by atoms with Crippen molar-refractivity contribution in [1.29, 1.82) is 0 Å². The van der Waals surface area contributed by atoms with Crippen LogP contribution < -0.4 is 9.80 Å². The number of rotatable bonds is 3. The average molecular weight is 289 g/mol. The molecule has 0 amide bonds. The molecule has 0 bridgehead atoms. The van der Waals surface area contributed by atoms with E-state index in [1.165, 1.54) is 11.3 Å². The molecule has 1 saturated heterocycles. The van der Waals surface area contributed by atoms with E-state index in [0.717, 1.165) is 37.3 Å². The lowest BCUT2D eigenvalue weighted by Gasteiger charge is -2.34. The van der Waals surface area contributed by atoms with Gasteiger partial charge in [-0.05, 0) is 6.07 Å². The van der Waals surface area contributed by atoms with Crippen molar-refractivity contribution >= 4 is 28.2 Å². The molecular formula is C13H15N5OS. The molecule has 1 aliphatic heterocycles. The number of aromatic nitrogens is 3. The van der Waals surface area contributed by atoms with Gasteiger partial charge < -0.3 is 9.80 Å². The first-order valence-electron chi connectivity index (χ1n) is 6.48. The van der Waals surface area contributed by atoms with Gasteiger partial charge in [0.2, 0.25) is 5.95 Å². The van der Waals surface area contributed by atoms with Crippen LogP contribution in [0.2, 0.25) is 0 Å². The van der Waals surface area contributed by atoms with E-state index in [-0.39, 0.29) is 5.78 Å². The Balaban J connectivity index is 1.65. The summed E-state index contributed by atoms with van der Waals surface area (Å²) in [5.41, 5.74) is 0. The number of carbonyl (C=O) groups is 1. The fourth-order valence-corrected chi connectivity index (χ4v) is 2.99. The zero-order valence-corrected chi connectivity index (χ0v) is 12.0. The minimum atomic E-state index is 0.0741. The fraction of sp³-hybridized carbons (Fsp3) is 0.385. The third-order valence-corrected chi connectivity index (χ3v) is 4.38. The second-order valence-electron chi connectivity index (χ2n) is 4.59. The molecule has 2 aromatic rings. The van der Waals surface area contributed by atoms with Gasteiger partial charge in [-0.3, -0.25) is 4.79 Å². The number of ketones is 1.